The van der Waals surface area contributed by atoms with E-state index in [4.69, 9.17) is 4.74 Å². The Labute approximate surface area is 189 Å². The molecule has 31 heavy (non-hydrogen) atoms. The minimum Gasteiger partial charge on any atom is -0.374 e. The molecule has 2 saturated carbocycles. The number of carbonyl (C=O) groups excluding carboxylic acids is 1. The van der Waals surface area contributed by atoms with Crippen LogP contribution >= 0.6 is 0 Å². The van der Waals surface area contributed by atoms with Gasteiger partial charge in [0.2, 0.25) is 5.91 Å². The number of fused-ring (bicyclic) bond motifs is 1. The molecule has 2 saturated heterocycles. The summed E-state index contributed by atoms with van der Waals surface area (Å²) >= 11 is 0. The first-order valence-electron chi connectivity index (χ1n) is 13.1. The number of likely N-dealkylation sites (N-methyl/N-ethyl adjacent to an activating group) is 1. The summed E-state index contributed by atoms with van der Waals surface area (Å²) in [6, 6.07) is 1.25. The molecule has 4 rings (SSSR count). The van der Waals surface area contributed by atoms with Crippen molar-refractivity contribution in [3.8, 4) is 0 Å². The van der Waals surface area contributed by atoms with Crippen molar-refractivity contribution >= 4 is 5.91 Å². The summed E-state index contributed by atoms with van der Waals surface area (Å²) in [4.78, 5) is 17.8. The normalized spacial score (nSPS) is 39.4. The number of nitrogens with one attached hydrogen (secondary N) is 2. The lowest BCUT2D eigenvalue weighted by Gasteiger charge is -2.44. The predicted molar refractivity (Wildman–Crippen MR) is 125 cm³/mol. The third-order valence-corrected chi connectivity index (χ3v) is 8.50. The van der Waals surface area contributed by atoms with Crippen molar-refractivity contribution < 1.29 is 9.53 Å². The highest BCUT2D eigenvalue weighted by Gasteiger charge is 2.41. The van der Waals surface area contributed by atoms with Crippen LogP contribution in [0.3, 0.4) is 0 Å². The van der Waals surface area contributed by atoms with Gasteiger partial charge in [-0.3, -0.25) is 9.69 Å². The molecule has 0 radical (unpaired) electrons. The van der Waals surface area contributed by atoms with Crippen LogP contribution in [0.15, 0.2) is 0 Å². The monoisotopic (exact) mass is 434 g/mol. The van der Waals surface area contributed by atoms with Crippen molar-refractivity contribution in [2.75, 3.05) is 46.9 Å². The topological polar surface area (TPSA) is 56.8 Å². The van der Waals surface area contributed by atoms with Gasteiger partial charge in [-0.1, -0.05) is 26.2 Å². The zero-order valence-electron chi connectivity index (χ0n) is 20.2. The number of rotatable bonds is 7. The Hall–Kier alpha value is -0.690. The van der Waals surface area contributed by atoms with Crippen molar-refractivity contribution in [3.63, 3.8) is 0 Å². The van der Waals surface area contributed by atoms with Crippen LogP contribution in [0.25, 0.3) is 0 Å². The van der Waals surface area contributed by atoms with Crippen LogP contribution in [0.5, 0.6) is 0 Å². The van der Waals surface area contributed by atoms with E-state index in [1.807, 2.05) is 0 Å². The molecule has 2 aliphatic heterocycles. The molecule has 0 aromatic rings. The van der Waals surface area contributed by atoms with Gasteiger partial charge >= 0.3 is 0 Å². The third-order valence-electron chi connectivity index (χ3n) is 8.50. The first-order valence-corrected chi connectivity index (χ1v) is 13.1. The average molecular weight is 435 g/mol. The molecule has 0 bridgehead atoms. The van der Waals surface area contributed by atoms with Gasteiger partial charge in [-0.15, -0.1) is 0 Å². The van der Waals surface area contributed by atoms with Crippen LogP contribution in [0.2, 0.25) is 0 Å². The SMILES string of the molecule is CC1CCCC2CC(C(=O)NCCC3CCCCC3N3CCOC(CN(C)C)C3)NC12. The van der Waals surface area contributed by atoms with Gasteiger partial charge in [0.25, 0.3) is 0 Å². The summed E-state index contributed by atoms with van der Waals surface area (Å²) in [5.74, 6) is 2.36. The first kappa shape index (κ1) is 23.5. The highest BCUT2D eigenvalue weighted by atomic mass is 16.5. The third kappa shape index (κ3) is 6.01. The molecule has 0 spiro atoms. The van der Waals surface area contributed by atoms with Gasteiger partial charge < -0.3 is 20.3 Å². The van der Waals surface area contributed by atoms with E-state index in [0.717, 1.165) is 45.6 Å². The standard InChI is InChI=1S/C25H46N4O2/c1-18-7-6-9-20-15-22(27-24(18)20)25(30)26-12-11-19-8-4-5-10-23(19)29-13-14-31-21(17-29)16-28(2)3/h18-24,27H,4-17H2,1-3H3,(H,26,30). The Morgan fingerprint density at radius 1 is 1.16 bits per heavy atom. The quantitative estimate of drug-likeness (QED) is 0.645. The fraction of sp³-hybridized carbons (Fsp3) is 0.960. The van der Waals surface area contributed by atoms with E-state index in [2.05, 4.69) is 41.5 Å². The van der Waals surface area contributed by atoms with Crippen LogP contribution in [0, 0.1) is 17.8 Å². The van der Waals surface area contributed by atoms with Crippen LogP contribution in [0.4, 0.5) is 0 Å². The maximum absolute atomic E-state index is 12.9. The smallest absolute Gasteiger partial charge is 0.237 e. The molecule has 4 fully saturated rings. The molecule has 0 aromatic carbocycles. The molecular weight excluding hydrogens is 388 g/mol. The molecule has 2 aliphatic carbocycles. The zero-order chi connectivity index (χ0) is 21.8. The second-order valence-electron chi connectivity index (χ2n) is 11.1. The van der Waals surface area contributed by atoms with Gasteiger partial charge in [-0.05, 0) is 70.4 Å². The minimum atomic E-state index is 0.0312. The Bertz CT molecular complexity index is 586. The van der Waals surface area contributed by atoms with Crippen LogP contribution in [0.1, 0.15) is 64.7 Å². The first-order chi connectivity index (χ1) is 15.0. The summed E-state index contributed by atoms with van der Waals surface area (Å²) in [5.41, 5.74) is 0. The van der Waals surface area contributed by atoms with Gasteiger partial charge in [-0.2, -0.15) is 0 Å². The van der Waals surface area contributed by atoms with Crippen molar-refractivity contribution in [1.29, 1.82) is 0 Å². The molecule has 6 nitrogen and oxygen atoms in total. The molecule has 2 N–H and O–H groups in total. The van der Waals surface area contributed by atoms with Gasteiger partial charge in [0.05, 0.1) is 18.8 Å². The molecule has 7 atom stereocenters. The maximum Gasteiger partial charge on any atom is 0.237 e. The van der Waals surface area contributed by atoms with Gasteiger partial charge in [-0.25, -0.2) is 0 Å². The lowest BCUT2D eigenvalue weighted by Crippen LogP contribution is -2.53. The highest BCUT2D eigenvalue weighted by molar-refractivity contribution is 5.82. The van der Waals surface area contributed by atoms with E-state index >= 15 is 0 Å². The second kappa shape index (κ2) is 11.0. The fourth-order valence-electron chi connectivity index (χ4n) is 6.95. The van der Waals surface area contributed by atoms with E-state index in [0.29, 0.717) is 35.9 Å². The molecule has 0 aromatic heterocycles. The Morgan fingerprint density at radius 2 is 2.00 bits per heavy atom. The fourth-order valence-corrected chi connectivity index (χ4v) is 6.95. The van der Waals surface area contributed by atoms with Crippen LogP contribution in [-0.4, -0.2) is 86.8 Å². The maximum atomic E-state index is 12.9. The molecule has 6 heteroatoms. The minimum absolute atomic E-state index is 0.0312. The Morgan fingerprint density at radius 3 is 2.81 bits per heavy atom. The van der Waals surface area contributed by atoms with Crippen molar-refractivity contribution in [3.05, 3.63) is 0 Å². The van der Waals surface area contributed by atoms with Gasteiger partial charge in [0.1, 0.15) is 0 Å². The predicted octanol–water partition coefficient (Wildman–Crippen LogP) is 2.48. The molecule has 2 heterocycles. The summed E-state index contributed by atoms with van der Waals surface area (Å²) in [6.45, 7) is 7.14. The Kier molecular flexibility index (Phi) is 8.29. The van der Waals surface area contributed by atoms with E-state index in [1.165, 1.54) is 44.9 Å². The number of hydrogen-bond acceptors (Lipinski definition) is 5. The largest absolute Gasteiger partial charge is 0.374 e. The van der Waals surface area contributed by atoms with E-state index in [9.17, 15) is 4.79 Å². The number of morpholine rings is 1. The summed E-state index contributed by atoms with van der Waals surface area (Å²) in [5, 5.41) is 6.98. The highest BCUT2D eigenvalue weighted by Crippen LogP contribution is 2.37. The van der Waals surface area contributed by atoms with Crippen molar-refractivity contribution in [2.24, 2.45) is 17.8 Å². The number of carbonyl (C=O) groups is 1. The van der Waals surface area contributed by atoms with Crippen LogP contribution in [-0.2, 0) is 9.53 Å². The van der Waals surface area contributed by atoms with E-state index < -0.39 is 0 Å². The Balaban J connectivity index is 1.24. The molecule has 178 valence electrons. The second-order valence-corrected chi connectivity index (χ2v) is 11.1. The lowest BCUT2D eigenvalue weighted by molar-refractivity contribution is -0.123. The lowest BCUT2D eigenvalue weighted by atomic mass is 9.78. The van der Waals surface area contributed by atoms with Crippen molar-refractivity contribution in [2.45, 2.75) is 88.9 Å². The summed E-state index contributed by atoms with van der Waals surface area (Å²) in [7, 11) is 4.26. The van der Waals surface area contributed by atoms with Crippen LogP contribution < -0.4 is 10.6 Å². The summed E-state index contributed by atoms with van der Waals surface area (Å²) in [6.07, 6.45) is 11.7. The molecule has 4 aliphatic rings. The molecular formula is C25H46N4O2. The molecule has 7 unspecified atom stereocenters. The van der Waals surface area contributed by atoms with E-state index in [-0.39, 0.29) is 11.9 Å². The van der Waals surface area contributed by atoms with E-state index in [1.54, 1.807) is 0 Å². The number of hydrogen-bond donors (Lipinski definition) is 2. The number of amides is 1. The van der Waals surface area contributed by atoms with Gasteiger partial charge in [0, 0.05) is 38.3 Å². The van der Waals surface area contributed by atoms with Gasteiger partial charge in [0.15, 0.2) is 0 Å². The number of ether oxygens (including phenoxy) is 1. The molecule has 1 amide bonds. The average Bonchev–Trinajstić information content (AvgIpc) is 3.20. The summed E-state index contributed by atoms with van der Waals surface area (Å²) < 4.78 is 6.02. The number of nitrogens with zero attached hydrogens (tertiary/aromatic N) is 2. The van der Waals surface area contributed by atoms with Crippen molar-refractivity contribution in [1.82, 2.24) is 20.4 Å². The zero-order valence-corrected chi connectivity index (χ0v) is 20.2.